The van der Waals surface area contributed by atoms with Gasteiger partial charge in [0.15, 0.2) is 0 Å². The summed E-state index contributed by atoms with van der Waals surface area (Å²) in [5.74, 6) is 2.00. The standard InChI is InChI=1S/C18H22BrNS2/c1-17-5-11-2-12(6-17)8-18(7-11,10-17)20-9-14-3-13-4-15(19)22-16(13)21-14/h3-4,11-12,20H,2,5-10H2,1H3. The van der Waals surface area contributed by atoms with E-state index in [0.717, 1.165) is 18.4 Å². The van der Waals surface area contributed by atoms with Crippen molar-refractivity contribution in [3.8, 4) is 0 Å². The first kappa shape index (κ1) is 14.4. The van der Waals surface area contributed by atoms with Gasteiger partial charge < -0.3 is 5.32 Å². The van der Waals surface area contributed by atoms with Crippen LogP contribution in [-0.2, 0) is 6.54 Å². The lowest BCUT2D eigenvalue weighted by molar-refractivity contribution is -0.0725. The molecule has 2 unspecified atom stereocenters. The van der Waals surface area contributed by atoms with Gasteiger partial charge in [0.05, 0.1) is 7.80 Å². The lowest BCUT2D eigenvalue weighted by Crippen LogP contribution is -2.61. The Morgan fingerprint density at radius 1 is 1.18 bits per heavy atom. The maximum Gasteiger partial charge on any atom is 0.0880 e. The van der Waals surface area contributed by atoms with E-state index in [4.69, 9.17) is 0 Å². The van der Waals surface area contributed by atoms with Crippen LogP contribution in [-0.4, -0.2) is 5.54 Å². The van der Waals surface area contributed by atoms with E-state index in [9.17, 15) is 0 Å². The summed E-state index contributed by atoms with van der Waals surface area (Å²) >= 11 is 7.43. The molecule has 4 heteroatoms. The molecule has 0 aliphatic heterocycles. The van der Waals surface area contributed by atoms with Gasteiger partial charge in [-0.3, -0.25) is 0 Å². The minimum Gasteiger partial charge on any atom is -0.306 e. The average molecular weight is 396 g/mol. The fourth-order valence-electron chi connectivity index (χ4n) is 6.15. The summed E-state index contributed by atoms with van der Waals surface area (Å²) in [7, 11) is 0. The molecule has 0 radical (unpaired) electrons. The molecular formula is C18H22BrNS2. The molecule has 4 saturated carbocycles. The first-order valence-electron chi connectivity index (χ1n) is 8.44. The smallest absolute Gasteiger partial charge is 0.0880 e. The Bertz CT molecular complexity index is 685. The minimum atomic E-state index is 0.455. The van der Waals surface area contributed by atoms with E-state index in [1.807, 2.05) is 22.7 Å². The maximum atomic E-state index is 4.04. The van der Waals surface area contributed by atoms with E-state index < -0.39 is 0 Å². The quantitative estimate of drug-likeness (QED) is 0.654. The highest BCUT2D eigenvalue weighted by molar-refractivity contribution is 9.11. The first-order valence-corrected chi connectivity index (χ1v) is 10.9. The average Bonchev–Trinajstić information content (AvgIpc) is 2.90. The summed E-state index contributed by atoms with van der Waals surface area (Å²) in [6, 6.07) is 4.64. The zero-order chi connectivity index (χ0) is 14.9. The Kier molecular flexibility index (Phi) is 3.16. The van der Waals surface area contributed by atoms with Crippen LogP contribution in [0.4, 0.5) is 0 Å². The maximum absolute atomic E-state index is 4.04. The fraction of sp³-hybridized carbons (Fsp3) is 0.667. The highest BCUT2D eigenvalue weighted by atomic mass is 79.9. The Hall–Kier alpha value is 0.1000. The molecule has 1 N–H and O–H groups in total. The molecular weight excluding hydrogens is 374 g/mol. The molecule has 1 nitrogen and oxygen atoms in total. The van der Waals surface area contributed by atoms with Crippen LogP contribution in [0, 0.1) is 17.3 Å². The van der Waals surface area contributed by atoms with Gasteiger partial charge in [0.1, 0.15) is 0 Å². The second-order valence-corrected chi connectivity index (χ2v) is 12.2. The van der Waals surface area contributed by atoms with Crippen molar-refractivity contribution in [2.75, 3.05) is 0 Å². The highest BCUT2D eigenvalue weighted by Crippen LogP contribution is 2.61. The summed E-state index contributed by atoms with van der Waals surface area (Å²) in [4.78, 5) is 1.51. The monoisotopic (exact) mass is 395 g/mol. The molecule has 4 fully saturated rings. The van der Waals surface area contributed by atoms with Gasteiger partial charge in [-0.2, -0.15) is 0 Å². The Balaban J connectivity index is 1.36. The number of nitrogens with one attached hydrogen (secondary N) is 1. The zero-order valence-corrected chi connectivity index (χ0v) is 16.2. The molecule has 4 aliphatic carbocycles. The lowest BCUT2D eigenvalue weighted by atomic mass is 9.47. The SMILES string of the molecule is CC12CC3CC(C1)CC(NCc1cc4cc(Br)sc4s1)(C3)C2. The molecule has 0 aromatic carbocycles. The Morgan fingerprint density at radius 3 is 2.64 bits per heavy atom. The van der Waals surface area contributed by atoms with E-state index in [1.165, 1.54) is 56.6 Å². The minimum absolute atomic E-state index is 0.455. The van der Waals surface area contributed by atoms with Crippen LogP contribution in [0.3, 0.4) is 0 Å². The van der Waals surface area contributed by atoms with Gasteiger partial charge >= 0.3 is 0 Å². The molecule has 4 bridgehead atoms. The Labute approximate surface area is 148 Å². The number of hydrogen-bond acceptors (Lipinski definition) is 3. The molecule has 0 amide bonds. The highest BCUT2D eigenvalue weighted by Gasteiger charge is 2.55. The second-order valence-electron chi connectivity index (χ2n) is 8.41. The van der Waals surface area contributed by atoms with Crippen molar-refractivity contribution in [3.63, 3.8) is 0 Å². The van der Waals surface area contributed by atoms with Gasteiger partial charge in [-0.05, 0) is 83.8 Å². The predicted molar refractivity (Wildman–Crippen MR) is 99.8 cm³/mol. The summed E-state index contributed by atoms with van der Waals surface area (Å²) in [5.41, 5.74) is 1.09. The molecule has 0 spiro atoms. The molecule has 2 aromatic rings. The van der Waals surface area contributed by atoms with Crippen LogP contribution >= 0.6 is 38.6 Å². The van der Waals surface area contributed by atoms with E-state index in [1.54, 1.807) is 0 Å². The second kappa shape index (κ2) is 4.81. The molecule has 0 saturated heterocycles. The predicted octanol–water partition coefficient (Wildman–Crippen LogP) is 6.17. The van der Waals surface area contributed by atoms with Crippen molar-refractivity contribution < 1.29 is 0 Å². The van der Waals surface area contributed by atoms with Crippen molar-refractivity contribution in [2.24, 2.45) is 17.3 Å². The van der Waals surface area contributed by atoms with Gasteiger partial charge in [0, 0.05) is 22.3 Å². The third-order valence-electron chi connectivity index (χ3n) is 6.23. The van der Waals surface area contributed by atoms with Crippen molar-refractivity contribution >= 4 is 48.0 Å². The number of thiophene rings is 2. The largest absolute Gasteiger partial charge is 0.306 e. The van der Waals surface area contributed by atoms with Crippen molar-refractivity contribution in [3.05, 3.63) is 20.8 Å². The van der Waals surface area contributed by atoms with Gasteiger partial charge in [-0.25, -0.2) is 0 Å². The van der Waals surface area contributed by atoms with E-state index in [0.29, 0.717) is 11.0 Å². The summed E-state index contributed by atoms with van der Waals surface area (Å²) in [5, 5.41) is 5.45. The van der Waals surface area contributed by atoms with Crippen LogP contribution in [0.15, 0.2) is 15.9 Å². The van der Waals surface area contributed by atoms with Crippen LogP contribution in [0.1, 0.15) is 50.3 Å². The fourth-order valence-corrected chi connectivity index (χ4v) is 9.36. The molecule has 118 valence electrons. The molecule has 6 rings (SSSR count). The summed E-state index contributed by atoms with van der Waals surface area (Å²) in [6.07, 6.45) is 8.79. The summed E-state index contributed by atoms with van der Waals surface area (Å²) < 4.78 is 2.71. The number of halogens is 1. The van der Waals surface area contributed by atoms with Crippen molar-refractivity contribution in [1.82, 2.24) is 5.32 Å². The van der Waals surface area contributed by atoms with Crippen LogP contribution in [0.25, 0.3) is 9.40 Å². The zero-order valence-electron chi connectivity index (χ0n) is 13.0. The Morgan fingerprint density at radius 2 is 1.95 bits per heavy atom. The number of rotatable bonds is 3. The van der Waals surface area contributed by atoms with Crippen LogP contribution < -0.4 is 5.32 Å². The van der Waals surface area contributed by atoms with Crippen LogP contribution in [0.2, 0.25) is 0 Å². The number of fused-ring (bicyclic) bond motifs is 1. The van der Waals surface area contributed by atoms with Gasteiger partial charge in [0.2, 0.25) is 0 Å². The van der Waals surface area contributed by atoms with Crippen LogP contribution in [0.5, 0.6) is 0 Å². The van der Waals surface area contributed by atoms with Crippen molar-refractivity contribution in [1.29, 1.82) is 0 Å². The third kappa shape index (κ3) is 2.33. The lowest BCUT2D eigenvalue weighted by Gasteiger charge is -2.61. The van der Waals surface area contributed by atoms with Gasteiger partial charge in [-0.1, -0.05) is 6.92 Å². The van der Waals surface area contributed by atoms with E-state index in [-0.39, 0.29) is 0 Å². The molecule has 2 aromatic heterocycles. The van der Waals surface area contributed by atoms with E-state index >= 15 is 0 Å². The number of hydrogen-bond donors (Lipinski definition) is 1. The molecule has 4 aliphatic rings. The van der Waals surface area contributed by atoms with Gasteiger partial charge in [0.25, 0.3) is 0 Å². The molecule has 22 heavy (non-hydrogen) atoms. The van der Waals surface area contributed by atoms with E-state index in [2.05, 4.69) is 40.3 Å². The first-order chi connectivity index (χ1) is 10.5. The third-order valence-corrected chi connectivity index (χ3v) is 9.12. The summed E-state index contributed by atoms with van der Waals surface area (Å²) in [6.45, 7) is 3.62. The topological polar surface area (TPSA) is 12.0 Å². The van der Waals surface area contributed by atoms with Crippen molar-refractivity contribution in [2.45, 2.75) is 57.5 Å². The molecule has 2 heterocycles. The normalized spacial score (nSPS) is 39.9. The molecule has 2 atom stereocenters. The van der Waals surface area contributed by atoms with Gasteiger partial charge in [-0.15, -0.1) is 22.7 Å².